The second kappa shape index (κ2) is 2.41. The van der Waals surface area contributed by atoms with Gasteiger partial charge < -0.3 is 4.79 Å². The van der Waals surface area contributed by atoms with Crippen LogP contribution in [0.15, 0.2) is 0 Å². The zero-order valence-corrected chi connectivity index (χ0v) is 4.22. The van der Waals surface area contributed by atoms with E-state index in [1.165, 1.54) is 7.28 Å². The summed E-state index contributed by atoms with van der Waals surface area (Å²) >= 11 is 0. The monoisotopic (exact) mass is 87.0 g/mol. The normalized spacial score (nSPS) is 6.80. The van der Waals surface area contributed by atoms with Crippen LogP contribution in [0, 0.1) is 0 Å². The molecule has 0 bridgehead atoms. The highest BCUT2D eigenvalue weighted by Gasteiger charge is 1.80. The molecule has 0 aliphatic rings. The predicted octanol–water partition coefficient (Wildman–Crippen LogP) is 0.734. The Morgan fingerprint density at radius 2 is 2.20 bits per heavy atom. The fraction of sp³-hybridized carbons (Fsp3) is 0.500. The van der Waals surface area contributed by atoms with Gasteiger partial charge in [-0.25, -0.2) is 0 Å². The van der Waals surface area contributed by atoms with Gasteiger partial charge >= 0.3 is 0 Å². The topological polar surface area (TPSA) is 17.1 Å². The number of hydrogen-bond acceptors (Lipinski definition) is 1. The van der Waals surface area contributed by atoms with E-state index in [4.69, 9.17) is 0 Å². The minimum absolute atomic E-state index is 0.0463. The van der Waals surface area contributed by atoms with Crippen LogP contribution < -0.4 is 0 Å². The molecule has 1 unspecified atom stereocenters. The molecule has 0 aromatic carbocycles. The molecule has 0 rings (SSSR count). The van der Waals surface area contributed by atoms with Crippen LogP contribution in [-0.2, 0) is 0 Å². The van der Waals surface area contributed by atoms with Crippen LogP contribution in [-0.4, -0.2) is 12.7 Å². The van der Waals surface area contributed by atoms with E-state index < -0.39 is 0 Å². The Kier molecular flexibility index (Phi) is 2.48. The molecule has 0 aliphatic carbocycles. The first-order valence-corrected chi connectivity index (χ1v) is 1.94. The molecule has 0 amide bonds. The van der Waals surface area contributed by atoms with Gasteiger partial charge in [0.25, 0.3) is 0 Å². The number of hydrogen-bond donors (Lipinski definition) is 0. The van der Waals surface area contributed by atoms with Gasteiger partial charge in [0.05, 0.1) is 5.42 Å². The first-order valence-electron chi connectivity index (χ1n) is 1.36. The van der Waals surface area contributed by atoms with E-state index >= 15 is 0 Å². The third-order valence-electron chi connectivity index (χ3n) is 0.285. The molecule has 5 heavy (non-hydrogen) atoms. The van der Waals surface area contributed by atoms with Crippen LogP contribution in [0.3, 0.4) is 0 Å². The van der Waals surface area contributed by atoms with Gasteiger partial charge in [0.2, 0.25) is 7.28 Å². The average molecular weight is 86.8 g/mol. The summed E-state index contributed by atoms with van der Waals surface area (Å²) in [5.74, 6) is 0. The lowest BCUT2D eigenvalue weighted by molar-refractivity contribution is 0.275. The highest BCUT2D eigenvalue weighted by molar-refractivity contribution is 7.49. The molecule has 0 saturated carbocycles. The molecule has 0 fully saturated rings. The largest absolute Gasteiger partial charge is 0.308 e. The van der Waals surface area contributed by atoms with Crippen molar-refractivity contribution >= 4 is 21.9 Å². The minimum Gasteiger partial charge on any atom is -0.308 e. The molecule has 0 aliphatic heterocycles. The van der Waals surface area contributed by atoms with Crippen molar-refractivity contribution in [3.05, 3.63) is 0 Å². The van der Waals surface area contributed by atoms with Crippen LogP contribution in [0.4, 0.5) is 4.79 Å². The van der Waals surface area contributed by atoms with Crippen molar-refractivity contribution in [1.29, 1.82) is 0 Å². The Labute approximate surface area is 34.6 Å². The van der Waals surface area contributed by atoms with Gasteiger partial charge in [0.1, 0.15) is 0 Å². The number of carbonyl (C=O) groups excluding carboxylic acids is 1. The summed E-state index contributed by atoms with van der Waals surface area (Å²) in [6.45, 7) is 1.70. The van der Waals surface area contributed by atoms with Crippen LogP contribution in [0.25, 0.3) is 0 Å². The predicted molar refractivity (Wildman–Crippen MR) is 26.7 cm³/mol. The molecule has 27 valence electrons. The van der Waals surface area contributed by atoms with Crippen molar-refractivity contribution in [1.82, 2.24) is 0 Å². The molecule has 3 heteroatoms. The maximum absolute atomic E-state index is 9.72. The molecule has 1 nitrogen and oxygen atoms in total. The summed E-state index contributed by atoms with van der Waals surface area (Å²) in [6.07, 6.45) is 0. The summed E-state index contributed by atoms with van der Waals surface area (Å²) < 4.78 is 0. The first kappa shape index (κ1) is 5.16. The van der Waals surface area contributed by atoms with E-state index in [1.807, 2.05) is 9.24 Å². The van der Waals surface area contributed by atoms with E-state index in [2.05, 4.69) is 0 Å². The summed E-state index contributed by atoms with van der Waals surface area (Å²) in [5, 5.41) is 0. The lowest BCUT2D eigenvalue weighted by atomic mass is 9.86. The second-order valence-electron chi connectivity index (χ2n) is 0.691. The van der Waals surface area contributed by atoms with Crippen molar-refractivity contribution in [3.8, 4) is 0 Å². The fourth-order valence-electron chi connectivity index (χ4n) is 0. The lowest BCUT2D eigenvalue weighted by Gasteiger charge is -1.68. The van der Waals surface area contributed by atoms with Crippen molar-refractivity contribution in [2.45, 2.75) is 6.82 Å². The van der Waals surface area contributed by atoms with Crippen LogP contribution in [0.1, 0.15) is 0 Å². The van der Waals surface area contributed by atoms with E-state index in [0.29, 0.717) is 0 Å². The van der Waals surface area contributed by atoms with Gasteiger partial charge in [0.15, 0.2) is 0 Å². The number of rotatable bonds is 1. The van der Waals surface area contributed by atoms with Gasteiger partial charge in [-0.2, -0.15) is 0 Å². The van der Waals surface area contributed by atoms with E-state index in [0.717, 1.165) is 0 Å². The maximum atomic E-state index is 9.72. The average Bonchev–Trinajstić information content (AvgIpc) is 1.38. The van der Waals surface area contributed by atoms with Crippen LogP contribution in [0.2, 0.25) is 6.82 Å². The van der Waals surface area contributed by atoms with E-state index in [-0.39, 0.29) is 5.42 Å². The van der Waals surface area contributed by atoms with Crippen molar-refractivity contribution < 1.29 is 4.79 Å². The van der Waals surface area contributed by atoms with Gasteiger partial charge in [-0.3, -0.25) is 0 Å². The third-order valence-corrected chi connectivity index (χ3v) is 0.618. The zero-order valence-electron chi connectivity index (χ0n) is 3.06. The fourth-order valence-corrected chi connectivity index (χ4v) is 0. The highest BCUT2D eigenvalue weighted by atomic mass is 31.0. The second-order valence-corrected chi connectivity index (χ2v) is 1.26. The molecule has 0 aromatic heterocycles. The quantitative estimate of drug-likeness (QED) is 0.340. The van der Waals surface area contributed by atoms with Crippen molar-refractivity contribution in [2.75, 3.05) is 0 Å². The Morgan fingerprint density at radius 3 is 2.20 bits per heavy atom. The van der Waals surface area contributed by atoms with Gasteiger partial charge in [0, 0.05) is 0 Å². The summed E-state index contributed by atoms with van der Waals surface area (Å²) in [6, 6.07) is 0. The van der Waals surface area contributed by atoms with Crippen molar-refractivity contribution in [3.63, 3.8) is 0 Å². The molecular weight excluding hydrogens is 81.8 g/mol. The van der Waals surface area contributed by atoms with Crippen LogP contribution in [0.5, 0.6) is 0 Å². The highest BCUT2D eigenvalue weighted by Crippen LogP contribution is 1.81. The molecule has 1 atom stereocenters. The Morgan fingerprint density at radius 1 is 2.00 bits per heavy atom. The van der Waals surface area contributed by atoms with Crippen LogP contribution >= 0.6 is 9.24 Å². The molecule has 0 aromatic rings. The summed E-state index contributed by atoms with van der Waals surface area (Å²) in [5.41, 5.74) is 0.0463. The number of carbonyl (C=O) groups is 1. The first-order chi connectivity index (χ1) is 2.27. The van der Waals surface area contributed by atoms with E-state index in [1.54, 1.807) is 6.82 Å². The van der Waals surface area contributed by atoms with E-state index in [9.17, 15) is 4.79 Å². The SMILES string of the molecule is C[B]C(=O)P. The summed E-state index contributed by atoms with van der Waals surface area (Å²) in [4.78, 5) is 9.72. The summed E-state index contributed by atoms with van der Waals surface area (Å²) in [7, 11) is 3.53. The Balaban J connectivity index is 2.85. The van der Waals surface area contributed by atoms with Gasteiger partial charge in [-0.1, -0.05) is 16.1 Å². The molecule has 0 saturated heterocycles. The van der Waals surface area contributed by atoms with Gasteiger partial charge in [-0.05, 0) is 0 Å². The standard InChI is InChI=1S/C2H5BOP/c1-3-2(4)5/h5H2,1H3. The zero-order chi connectivity index (χ0) is 4.28. The Bertz CT molecular complexity index is 44.9. The maximum Gasteiger partial charge on any atom is 0.204 e. The molecule has 0 heterocycles. The molecule has 0 spiro atoms. The third kappa shape index (κ3) is 4.16. The smallest absolute Gasteiger partial charge is 0.204 e. The minimum atomic E-state index is 0.0463. The van der Waals surface area contributed by atoms with Gasteiger partial charge in [-0.15, -0.1) is 0 Å². The lowest BCUT2D eigenvalue weighted by Crippen LogP contribution is -1.86. The molecule has 0 N–H and O–H groups in total. The molecular formula is C2H5BOP. The molecule has 1 radical (unpaired) electrons. The van der Waals surface area contributed by atoms with Crippen molar-refractivity contribution in [2.24, 2.45) is 0 Å². The Hall–Kier alpha value is 0.165.